The molecule has 60 heavy (non-hydrogen) atoms. The van der Waals surface area contributed by atoms with Crippen molar-refractivity contribution >= 4 is 54.4 Å². The number of benzene rings is 9. The molecule has 12 aromatic rings. The summed E-state index contributed by atoms with van der Waals surface area (Å²) in [5, 5.41) is 7.15. The minimum atomic E-state index is 0.573. The van der Waals surface area contributed by atoms with Gasteiger partial charge in [-0.3, -0.25) is 4.57 Å². The first-order chi connectivity index (χ1) is 29.7. The zero-order valence-corrected chi connectivity index (χ0v) is 32.4. The molecule has 0 aliphatic carbocycles. The van der Waals surface area contributed by atoms with Crippen molar-refractivity contribution in [1.82, 2.24) is 24.1 Å². The number of para-hydroxylation sites is 2. The lowest BCUT2D eigenvalue weighted by Gasteiger charge is -2.11. The zero-order chi connectivity index (χ0) is 39.6. The Bertz CT molecular complexity index is 3530. The van der Waals surface area contributed by atoms with E-state index in [2.05, 4.69) is 185 Å². The van der Waals surface area contributed by atoms with Gasteiger partial charge in [-0.15, -0.1) is 0 Å². The van der Waals surface area contributed by atoms with Crippen LogP contribution >= 0.6 is 0 Å². The van der Waals surface area contributed by atoms with Gasteiger partial charge in [0.2, 0.25) is 5.95 Å². The average Bonchev–Trinajstić information content (AvgIpc) is 3.84. The maximum Gasteiger partial charge on any atom is 0.238 e. The molecule has 5 heteroatoms. The Morgan fingerprint density at radius 3 is 1.30 bits per heavy atom. The molecule has 0 spiro atoms. The molecule has 0 amide bonds. The highest BCUT2D eigenvalue weighted by Crippen LogP contribution is 2.40. The third-order valence-corrected chi connectivity index (χ3v) is 11.8. The van der Waals surface area contributed by atoms with Crippen LogP contribution in [0.1, 0.15) is 0 Å². The van der Waals surface area contributed by atoms with Crippen molar-refractivity contribution in [2.24, 2.45) is 0 Å². The average molecular weight is 766 g/mol. The van der Waals surface area contributed by atoms with E-state index >= 15 is 0 Å². The van der Waals surface area contributed by atoms with E-state index in [1.807, 2.05) is 36.4 Å². The first kappa shape index (κ1) is 33.9. The van der Waals surface area contributed by atoms with Crippen LogP contribution in [0.5, 0.6) is 0 Å². The van der Waals surface area contributed by atoms with Crippen LogP contribution in [-0.2, 0) is 0 Å². The first-order valence-electron chi connectivity index (χ1n) is 20.3. The summed E-state index contributed by atoms with van der Waals surface area (Å²) in [7, 11) is 0. The summed E-state index contributed by atoms with van der Waals surface area (Å²) in [6.45, 7) is 0. The van der Waals surface area contributed by atoms with Crippen LogP contribution in [0.15, 0.2) is 212 Å². The summed E-state index contributed by atoms with van der Waals surface area (Å²) in [5.41, 5.74) is 12.1. The maximum atomic E-state index is 5.20. The highest BCUT2D eigenvalue weighted by Gasteiger charge is 2.20. The Morgan fingerprint density at radius 1 is 0.267 bits per heavy atom. The van der Waals surface area contributed by atoms with Crippen LogP contribution in [0.2, 0.25) is 0 Å². The van der Waals surface area contributed by atoms with Crippen LogP contribution in [0.3, 0.4) is 0 Å². The molecule has 280 valence electrons. The van der Waals surface area contributed by atoms with E-state index in [-0.39, 0.29) is 0 Å². The summed E-state index contributed by atoms with van der Waals surface area (Å²) in [6, 6.07) is 75.3. The molecule has 0 aliphatic heterocycles. The smallest absolute Gasteiger partial charge is 0.238 e. The van der Waals surface area contributed by atoms with Gasteiger partial charge in [-0.25, -0.2) is 4.98 Å². The van der Waals surface area contributed by atoms with Gasteiger partial charge in [0.05, 0.1) is 22.1 Å². The standard InChI is InChI=1S/C55H35N5/c1-4-15-37(16-5-1)53-56-54(38-17-6-2-7-18-38)58-55(57-53)60-51-30-27-41(40-25-24-36-14-10-11-19-39(36)32-40)34-47(51)48-35-43(28-31-52(48)60)42-26-29-50-46(33-42)45-22-12-13-23-49(45)59(50)44-20-8-3-9-21-44/h1-35H. The van der Waals surface area contributed by atoms with Crippen LogP contribution in [-0.4, -0.2) is 24.1 Å². The van der Waals surface area contributed by atoms with Crippen LogP contribution in [0, 0.1) is 0 Å². The predicted octanol–water partition coefficient (Wildman–Crippen LogP) is 13.9. The lowest BCUT2D eigenvalue weighted by Crippen LogP contribution is -2.06. The lowest BCUT2D eigenvalue weighted by atomic mass is 9.98. The van der Waals surface area contributed by atoms with E-state index in [1.165, 1.54) is 38.1 Å². The normalized spacial score (nSPS) is 11.7. The largest absolute Gasteiger partial charge is 0.309 e. The molecule has 0 bridgehead atoms. The molecule has 3 aromatic heterocycles. The van der Waals surface area contributed by atoms with Gasteiger partial charge in [0.15, 0.2) is 11.6 Å². The van der Waals surface area contributed by atoms with Gasteiger partial charge in [-0.1, -0.05) is 152 Å². The van der Waals surface area contributed by atoms with Gasteiger partial charge in [0, 0.05) is 38.4 Å². The molecule has 0 saturated carbocycles. The van der Waals surface area contributed by atoms with Crippen molar-refractivity contribution in [3.63, 3.8) is 0 Å². The molecule has 9 aromatic carbocycles. The summed E-state index contributed by atoms with van der Waals surface area (Å²) in [4.78, 5) is 15.4. The maximum absolute atomic E-state index is 5.20. The zero-order valence-electron chi connectivity index (χ0n) is 32.4. The molecule has 0 saturated heterocycles. The second-order valence-corrected chi connectivity index (χ2v) is 15.3. The van der Waals surface area contributed by atoms with Crippen LogP contribution in [0.4, 0.5) is 0 Å². The third-order valence-electron chi connectivity index (χ3n) is 11.8. The molecule has 3 heterocycles. The van der Waals surface area contributed by atoms with Crippen LogP contribution in [0.25, 0.3) is 111 Å². The van der Waals surface area contributed by atoms with E-state index < -0.39 is 0 Å². The quantitative estimate of drug-likeness (QED) is 0.169. The number of fused-ring (bicyclic) bond motifs is 7. The summed E-state index contributed by atoms with van der Waals surface area (Å²) in [5.74, 6) is 1.83. The SMILES string of the molecule is c1ccc(-c2nc(-c3ccccc3)nc(-n3c4ccc(-c5ccc6ccccc6c5)cc4c4cc(-c5ccc6c(c5)c5ccccc5n6-c5ccccc5)ccc43)n2)cc1. The molecular weight excluding hydrogens is 731 g/mol. The van der Waals surface area contributed by atoms with Crippen LogP contribution < -0.4 is 0 Å². The van der Waals surface area contributed by atoms with Crippen molar-refractivity contribution in [1.29, 1.82) is 0 Å². The van der Waals surface area contributed by atoms with Gasteiger partial charge in [-0.2, -0.15) is 9.97 Å². The van der Waals surface area contributed by atoms with Gasteiger partial charge in [0.25, 0.3) is 0 Å². The van der Waals surface area contributed by atoms with Crippen molar-refractivity contribution in [3.8, 4) is 56.7 Å². The molecule has 5 nitrogen and oxygen atoms in total. The Labute approximate surface area is 346 Å². The highest BCUT2D eigenvalue weighted by atomic mass is 15.2. The van der Waals surface area contributed by atoms with Crippen molar-refractivity contribution in [2.75, 3.05) is 0 Å². The van der Waals surface area contributed by atoms with Crippen molar-refractivity contribution in [2.45, 2.75) is 0 Å². The second kappa shape index (κ2) is 13.8. The summed E-state index contributed by atoms with van der Waals surface area (Å²) >= 11 is 0. The molecule has 0 atom stereocenters. The minimum absolute atomic E-state index is 0.573. The molecule has 0 fully saturated rings. The number of hydrogen-bond acceptors (Lipinski definition) is 3. The summed E-state index contributed by atoms with van der Waals surface area (Å²) in [6.07, 6.45) is 0. The van der Waals surface area contributed by atoms with Crippen molar-refractivity contribution in [3.05, 3.63) is 212 Å². The van der Waals surface area contributed by atoms with Gasteiger partial charge in [0.1, 0.15) is 0 Å². The molecule has 0 unspecified atom stereocenters. The van der Waals surface area contributed by atoms with E-state index in [0.29, 0.717) is 17.6 Å². The number of hydrogen-bond donors (Lipinski definition) is 0. The molecule has 12 rings (SSSR count). The Hall–Kier alpha value is -8.15. The van der Waals surface area contributed by atoms with Crippen molar-refractivity contribution < 1.29 is 0 Å². The van der Waals surface area contributed by atoms with Gasteiger partial charge in [-0.05, 0) is 93.7 Å². The molecule has 0 N–H and O–H groups in total. The Balaban J connectivity index is 1.09. The van der Waals surface area contributed by atoms with Gasteiger partial charge >= 0.3 is 0 Å². The lowest BCUT2D eigenvalue weighted by molar-refractivity contribution is 0.953. The number of nitrogens with zero attached hydrogens (tertiary/aromatic N) is 5. The number of aromatic nitrogens is 5. The first-order valence-corrected chi connectivity index (χ1v) is 20.3. The second-order valence-electron chi connectivity index (χ2n) is 15.3. The van der Waals surface area contributed by atoms with E-state index in [9.17, 15) is 0 Å². The topological polar surface area (TPSA) is 48.5 Å². The van der Waals surface area contributed by atoms with E-state index in [4.69, 9.17) is 15.0 Å². The number of rotatable bonds is 6. The fourth-order valence-corrected chi connectivity index (χ4v) is 8.87. The Kier molecular flexibility index (Phi) is 7.78. The molecule has 0 aliphatic rings. The highest BCUT2D eigenvalue weighted by molar-refractivity contribution is 6.13. The predicted molar refractivity (Wildman–Crippen MR) is 248 cm³/mol. The molecular formula is C55H35N5. The summed E-state index contributed by atoms with van der Waals surface area (Å²) < 4.78 is 4.57. The van der Waals surface area contributed by atoms with E-state index in [1.54, 1.807) is 0 Å². The monoisotopic (exact) mass is 765 g/mol. The fourth-order valence-electron chi connectivity index (χ4n) is 8.87. The minimum Gasteiger partial charge on any atom is -0.309 e. The fraction of sp³-hybridized carbons (Fsp3) is 0. The third kappa shape index (κ3) is 5.59. The van der Waals surface area contributed by atoms with E-state index in [0.717, 1.165) is 55.3 Å². The molecule has 0 radical (unpaired) electrons. The van der Waals surface area contributed by atoms with Gasteiger partial charge < -0.3 is 4.57 Å². The Morgan fingerprint density at radius 2 is 0.700 bits per heavy atom.